The predicted octanol–water partition coefficient (Wildman–Crippen LogP) is 2.48. The molecule has 2 aliphatic carbocycles. The fraction of sp³-hybridized carbons (Fsp3) is 0.917. The minimum Gasteiger partial charge on any atom is -0.459 e. The van der Waals surface area contributed by atoms with E-state index in [-0.39, 0.29) is 11.6 Å². The summed E-state index contributed by atoms with van der Waals surface area (Å²) >= 11 is 0. The van der Waals surface area contributed by atoms with Gasteiger partial charge in [-0.05, 0) is 44.4 Å². The lowest BCUT2D eigenvalue weighted by atomic mass is 9.85. The van der Waals surface area contributed by atoms with Gasteiger partial charge in [-0.15, -0.1) is 0 Å². The van der Waals surface area contributed by atoms with Crippen molar-refractivity contribution in [3.63, 3.8) is 0 Å². The summed E-state index contributed by atoms with van der Waals surface area (Å²) in [6.07, 6.45) is 6.70. The van der Waals surface area contributed by atoms with E-state index in [0.717, 1.165) is 18.8 Å². The summed E-state index contributed by atoms with van der Waals surface area (Å²) in [6.45, 7) is 2.11. The van der Waals surface area contributed by atoms with Crippen LogP contribution in [0.25, 0.3) is 0 Å². The molecule has 2 bridgehead atoms. The zero-order chi connectivity index (χ0) is 10.9. The smallest absolute Gasteiger partial charge is 0.306 e. The summed E-state index contributed by atoms with van der Waals surface area (Å²) in [7, 11) is 5.37. The molecule has 2 saturated carbocycles. The summed E-state index contributed by atoms with van der Waals surface area (Å²) in [5.74, 6) is 1.36. The van der Waals surface area contributed by atoms with Crippen molar-refractivity contribution in [3.05, 3.63) is 0 Å². The van der Waals surface area contributed by atoms with Crippen LogP contribution in [-0.4, -0.2) is 19.4 Å². The van der Waals surface area contributed by atoms with Crippen molar-refractivity contribution in [2.75, 3.05) is 0 Å². The van der Waals surface area contributed by atoms with Gasteiger partial charge in [0.25, 0.3) is 0 Å². The third-order valence-corrected chi connectivity index (χ3v) is 4.03. The molecular formula is C12H19BO2. The Morgan fingerprint density at radius 3 is 2.87 bits per heavy atom. The fourth-order valence-electron chi connectivity index (χ4n) is 3.24. The van der Waals surface area contributed by atoms with Crippen molar-refractivity contribution >= 4 is 13.8 Å². The van der Waals surface area contributed by atoms with Gasteiger partial charge < -0.3 is 4.74 Å². The second kappa shape index (κ2) is 4.19. The first-order valence-corrected chi connectivity index (χ1v) is 6.06. The quantitative estimate of drug-likeness (QED) is 0.521. The van der Waals surface area contributed by atoms with Gasteiger partial charge in [0.1, 0.15) is 5.60 Å². The van der Waals surface area contributed by atoms with Crippen LogP contribution in [0.3, 0.4) is 0 Å². The predicted molar refractivity (Wildman–Crippen MR) is 59.7 cm³/mol. The van der Waals surface area contributed by atoms with Crippen LogP contribution < -0.4 is 0 Å². The van der Waals surface area contributed by atoms with Gasteiger partial charge in [0.15, 0.2) is 0 Å². The van der Waals surface area contributed by atoms with E-state index in [1.54, 1.807) is 0 Å². The van der Waals surface area contributed by atoms with Crippen LogP contribution >= 0.6 is 0 Å². The first-order chi connectivity index (χ1) is 7.14. The highest BCUT2D eigenvalue weighted by Gasteiger charge is 2.50. The Morgan fingerprint density at radius 2 is 2.33 bits per heavy atom. The Morgan fingerprint density at radius 1 is 1.53 bits per heavy atom. The number of carbonyl (C=O) groups excluding carboxylic acids is 1. The number of hydrogen-bond acceptors (Lipinski definition) is 2. The summed E-state index contributed by atoms with van der Waals surface area (Å²) in [4.78, 5) is 11.6. The molecule has 15 heavy (non-hydrogen) atoms. The lowest BCUT2D eigenvalue weighted by molar-refractivity contribution is -0.163. The molecule has 0 aromatic carbocycles. The SMILES string of the molecule is [B]CCCC(=O)OC1(C)CC2CCC1C2. The first kappa shape index (κ1) is 11.0. The van der Waals surface area contributed by atoms with Gasteiger partial charge in [-0.25, -0.2) is 0 Å². The molecule has 2 radical (unpaired) electrons. The highest BCUT2D eigenvalue weighted by molar-refractivity contribution is 6.08. The molecule has 2 aliphatic rings. The van der Waals surface area contributed by atoms with Crippen LogP contribution in [0.5, 0.6) is 0 Å². The minimum absolute atomic E-state index is 0.0597. The maximum Gasteiger partial charge on any atom is 0.306 e. The minimum atomic E-state index is -0.158. The Balaban J connectivity index is 1.86. The van der Waals surface area contributed by atoms with E-state index in [0.29, 0.717) is 18.7 Å². The highest BCUT2D eigenvalue weighted by atomic mass is 16.6. The monoisotopic (exact) mass is 206 g/mol. The van der Waals surface area contributed by atoms with Gasteiger partial charge in [0.05, 0.1) is 7.85 Å². The molecule has 3 atom stereocenters. The summed E-state index contributed by atoms with van der Waals surface area (Å²) in [6, 6.07) is 0. The molecule has 0 aromatic heterocycles. The van der Waals surface area contributed by atoms with Crippen molar-refractivity contribution in [1.82, 2.24) is 0 Å². The van der Waals surface area contributed by atoms with Crippen molar-refractivity contribution in [3.8, 4) is 0 Å². The Bertz CT molecular complexity index is 254. The number of rotatable bonds is 4. The second-order valence-corrected chi connectivity index (χ2v) is 5.26. The van der Waals surface area contributed by atoms with Crippen molar-refractivity contribution < 1.29 is 9.53 Å². The van der Waals surface area contributed by atoms with Crippen LogP contribution in [-0.2, 0) is 9.53 Å². The van der Waals surface area contributed by atoms with E-state index in [1.807, 2.05) is 0 Å². The molecule has 0 saturated heterocycles. The Kier molecular flexibility index (Phi) is 3.08. The maximum absolute atomic E-state index is 11.6. The van der Waals surface area contributed by atoms with Crippen LogP contribution in [0.4, 0.5) is 0 Å². The van der Waals surface area contributed by atoms with Crippen molar-refractivity contribution in [2.24, 2.45) is 11.8 Å². The zero-order valence-corrected chi connectivity index (χ0v) is 9.50. The van der Waals surface area contributed by atoms with E-state index in [2.05, 4.69) is 6.92 Å². The summed E-state index contributed by atoms with van der Waals surface area (Å²) in [5, 5.41) is 0. The third kappa shape index (κ3) is 2.21. The van der Waals surface area contributed by atoms with Crippen molar-refractivity contribution in [2.45, 2.75) is 57.4 Å². The molecule has 3 unspecified atom stereocenters. The molecule has 0 heterocycles. The number of carbonyl (C=O) groups is 1. The largest absolute Gasteiger partial charge is 0.459 e. The van der Waals surface area contributed by atoms with E-state index >= 15 is 0 Å². The molecule has 3 heteroatoms. The van der Waals surface area contributed by atoms with Gasteiger partial charge in [-0.1, -0.05) is 12.7 Å². The average molecular weight is 206 g/mol. The normalized spacial score (nSPS) is 38.2. The van der Waals surface area contributed by atoms with E-state index in [1.165, 1.54) is 19.3 Å². The fourth-order valence-corrected chi connectivity index (χ4v) is 3.24. The Hall–Kier alpha value is -0.465. The standard InChI is InChI=1S/C12H19BO2/c1-12(15-11(14)3-2-6-13)8-9-4-5-10(12)7-9/h9-10H,2-8H2,1H3. The molecule has 0 aromatic rings. The number of ether oxygens (including phenoxy) is 1. The van der Waals surface area contributed by atoms with Gasteiger partial charge in [-0.2, -0.15) is 0 Å². The zero-order valence-electron chi connectivity index (χ0n) is 9.50. The molecule has 0 spiro atoms. The van der Waals surface area contributed by atoms with E-state index in [4.69, 9.17) is 12.6 Å². The number of hydrogen-bond donors (Lipinski definition) is 0. The summed E-state index contributed by atoms with van der Waals surface area (Å²) in [5.41, 5.74) is -0.158. The molecule has 2 nitrogen and oxygen atoms in total. The van der Waals surface area contributed by atoms with Crippen LogP contribution in [0.15, 0.2) is 0 Å². The maximum atomic E-state index is 11.6. The van der Waals surface area contributed by atoms with Crippen LogP contribution in [0.2, 0.25) is 6.32 Å². The van der Waals surface area contributed by atoms with E-state index < -0.39 is 0 Å². The molecule has 0 amide bonds. The third-order valence-electron chi connectivity index (χ3n) is 4.03. The molecule has 0 N–H and O–H groups in total. The van der Waals surface area contributed by atoms with Gasteiger partial charge >= 0.3 is 5.97 Å². The average Bonchev–Trinajstić information content (AvgIpc) is 2.73. The highest BCUT2D eigenvalue weighted by Crippen LogP contribution is 2.52. The Labute approximate surface area is 93.2 Å². The van der Waals surface area contributed by atoms with Crippen LogP contribution in [0.1, 0.15) is 45.4 Å². The summed E-state index contributed by atoms with van der Waals surface area (Å²) < 4.78 is 5.64. The lowest BCUT2D eigenvalue weighted by Gasteiger charge is -2.33. The molecule has 0 aliphatic heterocycles. The lowest BCUT2D eigenvalue weighted by Crippen LogP contribution is -2.37. The number of fused-ring (bicyclic) bond motifs is 2. The van der Waals surface area contributed by atoms with E-state index in [9.17, 15) is 4.79 Å². The first-order valence-electron chi connectivity index (χ1n) is 6.06. The molecule has 2 rings (SSSR count). The van der Waals surface area contributed by atoms with Crippen LogP contribution in [0, 0.1) is 11.8 Å². The second-order valence-electron chi connectivity index (χ2n) is 5.26. The molecule has 82 valence electrons. The van der Waals surface area contributed by atoms with Gasteiger partial charge in [0.2, 0.25) is 0 Å². The van der Waals surface area contributed by atoms with Crippen molar-refractivity contribution in [1.29, 1.82) is 0 Å². The number of esters is 1. The van der Waals surface area contributed by atoms with Gasteiger partial charge in [0, 0.05) is 6.42 Å². The molecular weight excluding hydrogens is 187 g/mol. The molecule has 2 fully saturated rings. The topological polar surface area (TPSA) is 26.3 Å². The van der Waals surface area contributed by atoms with Gasteiger partial charge in [-0.3, -0.25) is 4.79 Å².